The van der Waals surface area contributed by atoms with Gasteiger partial charge in [-0.05, 0) is 18.4 Å². The van der Waals surface area contributed by atoms with Crippen molar-refractivity contribution in [1.82, 2.24) is 0 Å². The van der Waals surface area contributed by atoms with E-state index in [0.29, 0.717) is 0 Å². The van der Waals surface area contributed by atoms with E-state index in [9.17, 15) is 0 Å². The van der Waals surface area contributed by atoms with Crippen molar-refractivity contribution in [2.45, 2.75) is 12.8 Å². The van der Waals surface area contributed by atoms with Crippen molar-refractivity contribution < 1.29 is 5.11 Å². The molecule has 0 aromatic heterocycles. The zero-order valence-corrected chi connectivity index (χ0v) is 3.44. The Kier molecular flexibility index (Phi) is 0.697. The van der Waals surface area contributed by atoms with Gasteiger partial charge in [0.1, 0.15) is 6.26 Å². The van der Waals surface area contributed by atoms with Crippen molar-refractivity contribution in [3.63, 3.8) is 0 Å². The molecule has 1 N–H and O–H groups in total. The normalized spacial score (nSPS) is 16.3. The lowest BCUT2D eigenvalue weighted by molar-refractivity contribution is 0.475. The number of hydrogen-bond donors (Lipinski definition) is 1. The van der Waals surface area contributed by atoms with Crippen LogP contribution in [0.1, 0.15) is 12.8 Å². The molecule has 6 heavy (non-hydrogen) atoms. The fraction of sp³-hybridized carbons (Fsp3) is 0.400. The predicted molar refractivity (Wildman–Crippen MR) is 23.5 cm³/mol. The molecule has 32 valence electrons. The highest BCUT2D eigenvalue weighted by molar-refractivity contribution is 5.14. The van der Waals surface area contributed by atoms with Crippen LogP contribution in [0.4, 0.5) is 0 Å². The Morgan fingerprint density at radius 3 is 2.50 bits per heavy atom. The first-order chi connectivity index (χ1) is 2.93. The van der Waals surface area contributed by atoms with Gasteiger partial charge in [0.15, 0.2) is 0 Å². The largest absolute Gasteiger partial charge is 0.507 e. The van der Waals surface area contributed by atoms with Crippen LogP contribution in [0, 0.1) is 0 Å². The van der Waals surface area contributed by atoms with E-state index in [4.69, 9.17) is 5.11 Å². The SMILES string of the molecule is OC=C=C1CC1. The maximum Gasteiger partial charge on any atom is 0.121 e. The van der Waals surface area contributed by atoms with Gasteiger partial charge in [0, 0.05) is 0 Å². The van der Waals surface area contributed by atoms with Gasteiger partial charge in [0.05, 0.1) is 0 Å². The first kappa shape index (κ1) is 3.51. The smallest absolute Gasteiger partial charge is 0.121 e. The molecule has 0 aromatic rings. The Balaban J connectivity index is 2.64. The third-order valence-corrected chi connectivity index (χ3v) is 0.769. The topological polar surface area (TPSA) is 20.2 Å². The highest BCUT2D eigenvalue weighted by Gasteiger charge is 2.08. The number of rotatable bonds is 0. The fourth-order valence-corrected chi connectivity index (χ4v) is 0.298. The summed E-state index contributed by atoms with van der Waals surface area (Å²) < 4.78 is 0. The standard InChI is InChI=1S/C5H6O/c6-4-3-5-1-2-5/h4,6H,1-2H2. The molecule has 0 heterocycles. The van der Waals surface area contributed by atoms with E-state index in [0.717, 1.165) is 19.1 Å². The summed E-state index contributed by atoms with van der Waals surface area (Å²) in [7, 11) is 0. The summed E-state index contributed by atoms with van der Waals surface area (Å²) in [6.07, 6.45) is 3.25. The monoisotopic (exact) mass is 82.0 g/mol. The zero-order chi connectivity index (χ0) is 4.41. The summed E-state index contributed by atoms with van der Waals surface area (Å²) >= 11 is 0. The fourth-order valence-electron chi connectivity index (χ4n) is 0.298. The minimum atomic E-state index is 0.975. The Bertz CT molecular complexity index is 101. The second kappa shape index (κ2) is 1.19. The van der Waals surface area contributed by atoms with E-state index in [2.05, 4.69) is 5.73 Å². The maximum atomic E-state index is 8.02. The van der Waals surface area contributed by atoms with Gasteiger partial charge < -0.3 is 5.11 Å². The van der Waals surface area contributed by atoms with Gasteiger partial charge in [-0.1, -0.05) is 5.73 Å². The Hall–Kier alpha value is -0.680. The second-order valence-corrected chi connectivity index (χ2v) is 1.38. The molecular weight excluding hydrogens is 76.1 g/mol. The molecular formula is C5H6O. The van der Waals surface area contributed by atoms with E-state index in [1.807, 2.05) is 0 Å². The van der Waals surface area contributed by atoms with Crippen molar-refractivity contribution in [3.8, 4) is 0 Å². The molecule has 0 aromatic carbocycles. The molecule has 1 aliphatic rings. The first-order valence-corrected chi connectivity index (χ1v) is 2.00. The van der Waals surface area contributed by atoms with Crippen LogP contribution in [-0.2, 0) is 0 Å². The van der Waals surface area contributed by atoms with Crippen molar-refractivity contribution in [3.05, 3.63) is 17.6 Å². The van der Waals surface area contributed by atoms with Crippen LogP contribution in [0.25, 0.3) is 0 Å². The van der Waals surface area contributed by atoms with Crippen molar-refractivity contribution in [2.24, 2.45) is 0 Å². The lowest BCUT2D eigenvalue weighted by atomic mass is 10.6. The van der Waals surface area contributed by atoms with Gasteiger partial charge in [-0.3, -0.25) is 0 Å². The van der Waals surface area contributed by atoms with Crippen LogP contribution < -0.4 is 0 Å². The Morgan fingerprint density at radius 2 is 2.33 bits per heavy atom. The maximum absolute atomic E-state index is 8.02. The van der Waals surface area contributed by atoms with Crippen LogP contribution in [0.2, 0.25) is 0 Å². The highest BCUT2D eigenvalue weighted by Crippen LogP contribution is 2.25. The number of allylic oxidation sites excluding steroid dienone is 1. The summed E-state index contributed by atoms with van der Waals surface area (Å²) in [6, 6.07) is 0. The molecule has 0 spiro atoms. The zero-order valence-electron chi connectivity index (χ0n) is 3.44. The summed E-state index contributed by atoms with van der Waals surface area (Å²) in [4.78, 5) is 0. The van der Waals surface area contributed by atoms with Gasteiger partial charge in [0.25, 0.3) is 0 Å². The van der Waals surface area contributed by atoms with Gasteiger partial charge in [-0.15, -0.1) is 0 Å². The quantitative estimate of drug-likeness (QED) is 0.345. The van der Waals surface area contributed by atoms with Crippen molar-refractivity contribution in [1.29, 1.82) is 0 Å². The summed E-state index contributed by atoms with van der Waals surface area (Å²) in [5, 5.41) is 8.02. The van der Waals surface area contributed by atoms with Gasteiger partial charge in [0.2, 0.25) is 0 Å². The van der Waals surface area contributed by atoms with Gasteiger partial charge in [-0.25, -0.2) is 0 Å². The molecule has 0 radical (unpaired) electrons. The average Bonchev–Trinajstić information content (AvgIpc) is 2.21. The molecule has 0 atom stereocenters. The number of hydrogen-bond acceptors (Lipinski definition) is 1. The molecule has 1 aliphatic carbocycles. The van der Waals surface area contributed by atoms with Crippen LogP contribution in [0.3, 0.4) is 0 Å². The molecule has 1 fully saturated rings. The molecule has 1 saturated carbocycles. The molecule has 0 amide bonds. The molecule has 0 aliphatic heterocycles. The molecule has 1 heteroatoms. The van der Waals surface area contributed by atoms with E-state index in [1.54, 1.807) is 0 Å². The summed E-state index contributed by atoms with van der Waals surface area (Å²) in [5.41, 5.74) is 3.90. The third-order valence-electron chi connectivity index (χ3n) is 0.769. The van der Waals surface area contributed by atoms with E-state index >= 15 is 0 Å². The molecule has 1 rings (SSSR count). The number of aliphatic hydroxyl groups excluding tert-OH is 1. The molecule has 1 nitrogen and oxygen atoms in total. The lowest BCUT2D eigenvalue weighted by Crippen LogP contribution is -1.37. The van der Waals surface area contributed by atoms with E-state index < -0.39 is 0 Å². The second-order valence-electron chi connectivity index (χ2n) is 1.38. The van der Waals surface area contributed by atoms with E-state index in [-0.39, 0.29) is 0 Å². The summed E-state index contributed by atoms with van der Waals surface area (Å²) in [6.45, 7) is 0. The van der Waals surface area contributed by atoms with Crippen molar-refractivity contribution >= 4 is 0 Å². The summed E-state index contributed by atoms with van der Waals surface area (Å²) in [5.74, 6) is 0. The van der Waals surface area contributed by atoms with Gasteiger partial charge in [-0.2, -0.15) is 0 Å². The Labute approximate surface area is 36.6 Å². The van der Waals surface area contributed by atoms with E-state index in [1.165, 1.54) is 5.57 Å². The predicted octanol–water partition coefficient (Wildman–Crippen LogP) is 1.38. The van der Waals surface area contributed by atoms with Crippen LogP contribution in [-0.4, -0.2) is 5.11 Å². The van der Waals surface area contributed by atoms with Crippen LogP contribution in [0.5, 0.6) is 0 Å². The minimum Gasteiger partial charge on any atom is -0.507 e. The third kappa shape index (κ3) is 0.631. The molecule has 0 unspecified atom stereocenters. The number of aliphatic hydroxyl groups is 1. The molecule has 0 bridgehead atoms. The van der Waals surface area contributed by atoms with Crippen molar-refractivity contribution in [2.75, 3.05) is 0 Å². The van der Waals surface area contributed by atoms with Crippen LogP contribution >= 0.6 is 0 Å². The lowest BCUT2D eigenvalue weighted by Gasteiger charge is -1.53. The van der Waals surface area contributed by atoms with Crippen LogP contribution in [0.15, 0.2) is 17.6 Å². The minimum absolute atomic E-state index is 0.975. The Morgan fingerprint density at radius 1 is 1.67 bits per heavy atom. The average molecular weight is 82.1 g/mol. The first-order valence-electron chi connectivity index (χ1n) is 2.00. The van der Waals surface area contributed by atoms with Gasteiger partial charge >= 0.3 is 0 Å². The highest BCUT2D eigenvalue weighted by atomic mass is 16.2. The molecule has 0 saturated heterocycles.